The Morgan fingerprint density at radius 1 is 1.38 bits per heavy atom. The van der Waals surface area contributed by atoms with Gasteiger partial charge in [0.1, 0.15) is 22.5 Å². The van der Waals surface area contributed by atoms with Crippen LogP contribution in [0.5, 0.6) is 0 Å². The number of pyridine rings is 1. The number of aromatic nitrogens is 5. The fourth-order valence-electron chi connectivity index (χ4n) is 2.38. The van der Waals surface area contributed by atoms with E-state index in [-0.39, 0.29) is 11.9 Å². The SMILES string of the molecule is COCCn1nc(CO)c2nc(Cl)nc(Nc3cc(C)ccn3)c21. The van der Waals surface area contributed by atoms with E-state index < -0.39 is 0 Å². The monoisotopic (exact) mass is 348 g/mol. The van der Waals surface area contributed by atoms with Gasteiger partial charge in [-0.1, -0.05) is 0 Å². The first-order valence-electron chi connectivity index (χ1n) is 7.34. The summed E-state index contributed by atoms with van der Waals surface area (Å²) in [4.78, 5) is 12.7. The third-order valence-electron chi connectivity index (χ3n) is 3.45. The second-order valence-corrected chi connectivity index (χ2v) is 5.54. The van der Waals surface area contributed by atoms with Crippen molar-refractivity contribution in [1.82, 2.24) is 24.7 Å². The highest BCUT2D eigenvalue weighted by Gasteiger charge is 2.18. The molecule has 3 heterocycles. The highest BCUT2D eigenvalue weighted by atomic mass is 35.5. The molecule has 0 atom stereocenters. The number of ether oxygens (including phenoxy) is 1. The number of nitrogens with zero attached hydrogens (tertiary/aromatic N) is 5. The van der Waals surface area contributed by atoms with Gasteiger partial charge in [0.25, 0.3) is 0 Å². The minimum absolute atomic E-state index is 0.0682. The van der Waals surface area contributed by atoms with Crippen LogP contribution < -0.4 is 5.32 Å². The van der Waals surface area contributed by atoms with E-state index in [1.165, 1.54) is 0 Å². The smallest absolute Gasteiger partial charge is 0.225 e. The van der Waals surface area contributed by atoms with Crippen LogP contribution in [-0.2, 0) is 17.9 Å². The van der Waals surface area contributed by atoms with Gasteiger partial charge in [-0.2, -0.15) is 10.1 Å². The van der Waals surface area contributed by atoms with Crippen LogP contribution in [0, 0.1) is 6.92 Å². The topological polar surface area (TPSA) is 98.0 Å². The number of methoxy groups -OCH3 is 1. The van der Waals surface area contributed by atoms with Crippen molar-refractivity contribution in [2.45, 2.75) is 20.1 Å². The predicted molar refractivity (Wildman–Crippen MR) is 90.4 cm³/mol. The van der Waals surface area contributed by atoms with Gasteiger partial charge in [0, 0.05) is 13.3 Å². The van der Waals surface area contributed by atoms with Gasteiger partial charge in [0.2, 0.25) is 5.28 Å². The second-order valence-electron chi connectivity index (χ2n) is 5.20. The molecule has 0 unspecified atom stereocenters. The number of aliphatic hydroxyl groups excluding tert-OH is 1. The molecule has 0 radical (unpaired) electrons. The Bertz CT molecular complexity index is 867. The van der Waals surface area contributed by atoms with Crippen LogP contribution in [0.2, 0.25) is 5.28 Å². The summed E-state index contributed by atoms with van der Waals surface area (Å²) >= 11 is 6.04. The molecule has 0 spiro atoms. The van der Waals surface area contributed by atoms with Crippen molar-refractivity contribution < 1.29 is 9.84 Å². The fourth-order valence-corrected chi connectivity index (χ4v) is 2.54. The molecule has 0 saturated carbocycles. The average molecular weight is 349 g/mol. The second kappa shape index (κ2) is 7.08. The molecule has 8 nitrogen and oxygen atoms in total. The molecular formula is C15H17ClN6O2. The number of halogens is 1. The number of hydrogen-bond acceptors (Lipinski definition) is 7. The van der Waals surface area contributed by atoms with E-state index in [1.54, 1.807) is 18.0 Å². The Labute approximate surface area is 143 Å². The number of nitrogens with one attached hydrogen (secondary N) is 1. The summed E-state index contributed by atoms with van der Waals surface area (Å²) in [6.45, 7) is 2.69. The van der Waals surface area contributed by atoms with E-state index in [0.29, 0.717) is 41.5 Å². The van der Waals surface area contributed by atoms with Crippen molar-refractivity contribution in [1.29, 1.82) is 0 Å². The third-order valence-corrected chi connectivity index (χ3v) is 3.62. The zero-order chi connectivity index (χ0) is 17.1. The van der Waals surface area contributed by atoms with Crippen LogP contribution in [0.1, 0.15) is 11.3 Å². The van der Waals surface area contributed by atoms with E-state index in [9.17, 15) is 5.11 Å². The van der Waals surface area contributed by atoms with Gasteiger partial charge < -0.3 is 15.2 Å². The van der Waals surface area contributed by atoms with Gasteiger partial charge in [0.15, 0.2) is 5.82 Å². The van der Waals surface area contributed by atoms with Gasteiger partial charge in [-0.05, 0) is 36.2 Å². The Balaban J connectivity index is 2.12. The molecule has 2 N–H and O–H groups in total. The number of aliphatic hydroxyl groups is 1. The lowest BCUT2D eigenvalue weighted by atomic mass is 10.3. The minimum Gasteiger partial charge on any atom is -0.390 e. The van der Waals surface area contributed by atoms with E-state index >= 15 is 0 Å². The zero-order valence-corrected chi connectivity index (χ0v) is 14.1. The van der Waals surface area contributed by atoms with Gasteiger partial charge in [0.05, 0.1) is 19.8 Å². The van der Waals surface area contributed by atoms with Crippen LogP contribution >= 0.6 is 11.6 Å². The summed E-state index contributed by atoms with van der Waals surface area (Å²) in [5, 5.41) is 17.1. The Morgan fingerprint density at radius 3 is 2.92 bits per heavy atom. The minimum atomic E-state index is -0.244. The molecule has 3 aromatic rings. The molecule has 0 aliphatic carbocycles. The van der Waals surface area contributed by atoms with Crippen molar-refractivity contribution in [3.63, 3.8) is 0 Å². The van der Waals surface area contributed by atoms with Gasteiger partial charge in [-0.25, -0.2) is 9.97 Å². The lowest BCUT2D eigenvalue weighted by Crippen LogP contribution is -2.08. The molecule has 126 valence electrons. The quantitative estimate of drug-likeness (QED) is 0.658. The van der Waals surface area contributed by atoms with E-state index in [0.717, 1.165) is 5.56 Å². The lowest BCUT2D eigenvalue weighted by Gasteiger charge is -2.09. The molecule has 0 aliphatic rings. The highest BCUT2D eigenvalue weighted by molar-refractivity contribution is 6.28. The molecule has 3 rings (SSSR count). The average Bonchev–Trinajstić information content (AvgIpc) is 2.90. The molecule has 0 saturated heterocycles. The molecule has 0 amide bonds. The first-order valence-corrected chi connectivity index (χ1v) is 7.72. The molecular weight excluding hydrogens is 332 g/mol. The highest BCUT2D eigenvalue weighted by Crippen LogP contribution is 2.27. The Morgan fingerprint density at radius 2 is 2.21 bits per heavy atom. The van der Waals surface area contributed by atoms with E-state index in [2.05, 4.69) is 25.4 Å². The Kier molecular flexibility index (Phi) is 4.89. The van der Waals surface area contributed by atoms with Gasteiger partial charge in [-0.3, -0.25) is 4.68 Å². The van der Waals surface area contributed by atoms with Crippen molar-refractivity contribution in [2.75, 3.05) is 19.0 Å². The first kappa shape index (κ1) is 16.6. The van der Waals surface area contributed by atoms with Crippen LogP contribution in [0.15, 0.2) is 18.3 Å². The maximum absolute atomic E-state index is 9.54. The molecule has 0 aromatic carbocycles. The van der Waals surface area contributed by atoms with Crippen molar-refractivity contribution in [2.24, 2.45) is 0 Å². The predicted octanol–water partition coefficient (Wildman–Crippen LogP) is 2.07. The van der Waals surface area contributed by atoms with Crippen LogP contribution in [-0.4, -0.2) is 43.6 Å². The van der Waals surface area contributed by atoms with Crippen LogP contribution in [0.3, 0.4) is 0 Å². The molecule has 24 heavy (non-hydrogen) atoms. The lowest BCUT2D eigenvalue weighted by molar-refractivity contribution is 0.184. The Hall–Kier alpha value is -2.29. The number of anilines is 2. The van der Waals surface area contributed by atoms with Crippen molar-refractivity contribution >= 4 is 34.3 Å². The van der Waals surface area contributed by atoms with Gasteiger partial charge >= 0.3 is 0 Å². The molecule has 0 aliphatic heterocycles. The van der Waals surface area contributed by atoms with Crippen molar-refractivity contribution in [3.8, 4) is 0 Å². The fraction of sp³-hybridized carbons (Fsp3) is 0.333. The largest absolute Gasteiger partial charge is 0.390 e. The van der Waals surface area contributed by atoms with Crippen LogP contribution in [0.25, 0.3) is 11.0 Å². The normalized spacial score (nSPS) is 11.2. The molecule has 9 heteroatoms. The molecule has 3 aromatic heterocycles. The maximum atomic E-state index is 9.54. The number of fused-ring (bicyclic) bond motifs is 1. The summed E-state index contributed by atoms with van der Waals surface area (Å²) in [5.41, 5.74) is 2.64. The summed E-state index contributed by atoms with van der Waals surface area (Å²) in [6, 6.07) is 3.80. The van der Waals surface area contributed by atoms with E-state index in [4.69, 9.17) is 16.3 Å². The third kappa shape index (κ3) is 3.30. The number of hydrogen-bond donors (Lipinski definition) is 2. The summed E-state index contributed by atoms with van der Waals surface area (Å²) in [5.74, 6) is 1.11. The first-order chi connectivity index (χ1) is 11.6. The van der Waals surface area contributed by atoms with Crippen molar-refractivity contribution in [3.05, 3.63) is 34.9 Å². The number of aryl methyl sites for hydroxylation is 1. The summed E-state index contributed by atoms with van der Waals surface area (Å²) in [7, 11) is 1.61. The zero-order valence-electron chi connectivity index (χ0n) is 13.3. The summed E-state index contributed by atoms with van der Waals surface area (Å²) < 4.78 is 6.81. The van der Waals surface area contributed by atoms with Gasteiger partial charge in [-0.15, -0.1) is 0 Å². The van der Waals surface area contributed by atoms with E-state index in [1.807, 2.05) is 19.1 Å². The standard InChI is InChI=1S/C15H17ClN6O2/c1-9-3-4-17-11(7-9)18-14-13-12(19-15(16)20-14)10(8-23)21-22(13)5-6-24-2/h3-4,7,23H,5-6,8H2,1-2H3,(H,17,18,19,20). The maximum Gasteiger partial charge on any atom is 0.225 e. The summed E-state index contributed by atoms with van der Waals surface area (Å²) in [6.07, 6.45) is 1.71. The molecule has 0 fully saturated rings. The van der Waals surface area contributed by atoms with Crippen LogP contribution in [0.4, 0.5) is 11.6 Å². The molecule has 0 bridgehead atoms. The number of rotatable bonds is 6.